The van der Waals surface area contributed by atoms with E-state index >= 15 is 0 Å². The summed E-state index contributed by atoms with van der Waals surface area (Å²) in [5.41, 5.74) is 12.6. The monoisotopic (exact) mass is 575 g/mol. The number of ether oxygens (including phenoxy) is 1. The summed E-state index contributed by atoms with van der Waals surface area (Å²) in [6, 6.07) is 63.0. The molecule has 2 heteroatoms. The zero-order valence-corrected chi connectivity index (χ0v) is 24.6. The van der Waals surface area contributed by atoms with Crippen LogP contribution < -0.4 is 9.64 Å². The van der Waals surface area contributed by atoms with Gasteiger partial charge < -0.3 is 9.64 Å². The predicted molar refractivity (Wildman–Crippen MR) is 184 cm³/mol. The highest BCUT2D eigenvalue weighted by Crippen LogP contribution is 2.62. The van der Waals surface area contributed by atoms with Crippen LogP contribution in [0.4, 0.5) is 17.1 Å². The molecule has 1 spiro atoms. The molecule has 0 bridgehead atoms. The lowest BCUT2D eigenvalue weighted by atomic mass is 9.66. The third kappa shape index (κ3) is 3.82. The summed E-state index contributed by atoms with van der Waals surface area (Å²) in [6.07, 6.45) is 0. The quantitative estimate of drug-likeness (QED) is 0.207. The van der Waals surface area contributed by atoms with Gasteiger partial charge in [-0.2, -0.15) is 0 Å². The minimum absolute atomic E-state index is 0.506. The molecule has 7 aromatic carbocycles. The van der Waals surface area contributed by atoms with Gasteiger partial charge in [0.25, 0.3) is 0 Å². The van der Waals surface area contributed by atoms with Crippen LogP contribution in [0, 0.1) is 0 Å². The molecule has 0 saturated carbocycles. The molecule has 0 aromatic heterocycles. The summed E-state index contributed by atoms with van der Waals surface area (Å²) in [6.45, 7) is 0. The van der Waals surface area contributed by atoms with Crippen LogP contribution in [0.15, 0.2) is 176 Å². The van der Waals surface area contributed by atoms with Crippen molar-refractivity contribution in [3.05, 3.63) is 198 Å². The molecule has 2 aliphatic rings. The van der Waals surface area contributed by atoms with Gasteiger partial charge in [-0.3, -0.25) is 0 Å². The summed E-state index contributed by atoms with van der Waals surface area (Å²) < 4.78 is 6.73. The van der Waals surface area contributed by atoms with Gasteiger partial charge in [0.15, 0.2) is 0 Å². The van der Waals surface area contributed by atoms with Crippen LogP contribution in [0.25, 0.3) is 22.3 Å². The SMILES string of the molecule is c1ccc(-c2ccc3c(c2)Oc2ccccc2C32c3ccccc3-c3cc(N(c4ccccc4)c4ccccc4)ccc32)cc1. The molecule has 45 heavy (non-hydrogen) atoms. The Morgan fingerprint density at radius 2 is 0.911 bits per heavy atom. The number of hydrogen-bond donors (Lipinski definition) is 0. The summed E-state index contributed by atoms with van der Waals surface area (Å²) in [5, 5.41) is 0. The van der Waals surface area contributed by atoms with Crippen LogP contribution in [0.5, 0.6) is 11.5 Å². The highest BCUT2D eigenvalue weighted by molar-refractivity contribution is 5.92. The van der Waals surface area contributed by atoms with E-state index in [0.717, 1.165) is 34.1 Å². The molecule has 0 N–H and O–H groups in total. The Balaban J connectivity index is 1.31. The maximum absolute atomic E-state index is 6.73. The van der Waals surface area contributed by atoms with Crippen molar-refractivity contribution in [2.45, 2.75) is 5.41 Å². The first-order chi connectivity index (χ1) is 22.3. The van der Waals surface area contributed by atoms with E-state index in [2.05, 4.69) is 181 Å². The number of benzene rings is 7. The van der Waals surface area contributed by atoms with Crippen molar-refractivity contribution >= 4 is 17.1 Å². The van der Waals surface area contributed by atoms with Gasteiger partial charge in [0.2, 0.25) is 0 Å². The van der Waals surface area contributed by atoms with Crippen LogP contribution in [-0.2, 0) is 5.41 Å². The number of fused-ring (bicyclic) bond motifs is 9. The molecule has 212 valence electrons. The van der Waals surface area contributed by atoms with Crippen LogP contribution in [0.2, 0.25) is 0 Å². The van der Waals surface area contributed by atoms with Crippen molar-refractivity contribution in [2.24, 2.45) is 0 Å². The zero-order valence-electron chi connectivity index (χ0n) is 24.6. The zero-order chi connectivity index (χ0) is 29.8. The Morgan fingerprint density at radius 3 is 1.64 bits per heavy atom. The first-order valence-corrected chi connectivity index (χ1v) is 15.4. The number of anilines is 3. The van der Waals surface area contributed by atoms with Gasteiger partial charge in [0, 0.05) is 28.2 Å². The van der Waals surface area contributed by atoms with Gasteiger partial charge in [0.1, 0.15) is 11.5 Å². The van der Waals surface area contributed by atoms with Gasteiger partial charge in [-0.25, -0.2) is 0 Å². The molecule has 1 aliphatic heterocycles. The lowest BCUT2D eigenvalue weighted by Crippen LogP contribution is -2.32. The molecule has 0 saturated heterocycles. The van der Waals surface area contributed by atoms with E-state index in [1.165, 1.54) is 38.9 Å². The van der Waals surface area contributed by atoms with E-state index in [1.54, 1.807) is 0 Å². The average molecular weight is 576 g/mol. The first-order valence-electron chi connectivity index (χ1n) is 15.4. The van der Waals surface area contributed by atoms with Gasteiger partial charge >= 0.3 is 0 Å². The maximum atomic E-state index is 6.73. The van der Waals surface area contributed by atoms with Crippen molar-refractivity contribution in [3.63, 3.8) is 0 Å². The van der Waals surface area contributed by atoms with E-state index in [-0.39, 0.29) is 0 Å². The minimum Gasteiger partial charge on any atom is -0.457 e. The normalized spacial score (nSPS) is 15.4. The third-order valence-electron chi connectivity index (χ3n) is 9.32. The second kappa shape index (κ2) is 10.1. The molecule has 0 radical (unpaired) electrons. The van der Waals surface area contributed by atoms with Gasteiger partial charge in [-0.05, 0) is 81.9 Å². The summed E-state index contributed by atoms with van der Waals surface area (Å²) >= 11 is 0. The Kier molecular flexibility index (Phi) is 5.76. The van der Waals surface area contributed by atoms with Crippen LogP contribution >= 0.6 is 0 Å². The Labute approximate surface area is 263 Å². The number of rotatable bonds is 4. The van der Waals surface area contributed by atoms with Gasteiger partial charge in [-0.1, -0.05) is 127 Å². The van der Waals surface area contributed by atoms with Crippen molar-refractivity contribution in [2.75, 3.05) is 4.90 Å². The van der Waals surface area contributed by atoms with Crippen molar-refractivity contribution in [1.29, 1.82) is 0 Å². The van der Waals surface area contributed by atoms with E-state index in [4.69, 9.17) is 4.74 Å². The van der Waals surface area contributed by atoms with Crippen molar-refractivity contribution in [3.8, 4) is 33.8 Å². The summed E-state index contributed by atoms with van der Waals surface area (Å²) in [4.78, 5) is 2.34. The smallest absolute Gasteiger partial charge is 0.132 e. The molecule has 2 nitrogen and oxygen atoms in total. The van der Waals surface area contributed by atoms with Gasteiger partial charge in [-0.15, -0.1) is 0 Å². The molecule has 1 heterocycles. The topological polar surface area (TPSA) is 12.5 Å². The maximum Gasteiger partial charge on any atom is 0.132 e. The highest BCUT2D eigenvalue weighted by atomic mass is 16.5. The van der Waals surface area contributed by atoms with Crippen molar-refractivity contribution < 1.29 is 4.74 Å². The Bertz CT molecular complexity index is 2150. The van der Waals surface area contributed by atoms with E-state index in [9.17, 15) is 0 Å². The molecule has 1 unspecified atom stereocenters. The second-order valence-electron chi connectivity index (χ2n) is 11.7. The minimum atomic E-state index is -0.506. The fourth-order valence-electron chi connectivity index (χ4n) is 7.45. The fraction of sp³-hybridized carbons (Fsp3) is 0.0233. The molecular weight excluding hydrogens is 546 g/mol. The summed E-state index contributed by atoms with van der Waals surface area (Å²) in [5.74, 6) is 1.80. The van der Waals surface area contributed by atoms with Crippen LogP contribution in [0.3, 0.4) is 0 Å². The largest absolute Gasteiger partial charge is 0.457 e. The number of para-hydroxylation sites is 3. The average Bonchev–Trinajstić information content (AvgIpc) is 3.40. The fourth-order valence-corrected chi connectivity index (χ4v) is 7.45. The number of hydrogen-bond acceptors (Lipinski definition) is 2. The molecule has 7 aromatic rings. The molecular formula is C43H29NO. The lowest BCUT2D eigenvalue weighted by Gasteiger charge is -2.39. The van der Waals surface area contributed by atoms with E-state index < -0.39 is 5.41 Å². The summed E-state index contributed by atoms with van der Waals surface area (Å²) in [7, 11) is 0. The number of nitrogens with zero attached hydrogens (tertiary/aromatic N) is 1. The van der Waals surface area contributed by atoms with Crippen LogP contribution in [-0.4, -0.2) is 0 Å². The predicted octanol–water partition coefficient (Wildman–Crippen LogP) is 11.3. The Hall–Kier alpha value is -5.86. The highest BCUT2D eigenvalue weighted by Gasteiger charge is 2.51. The molecule has 0 amide bonds. The van der Waals surface area contributed by atoms with E-state index in [1.807, 2.05) is 0 Å². The van der Waals surface area contributed by atoms with Gasteiger partial charge in [0.05, 0.1) is 5.41 Å². The van der Waals surface area contributed by atoms with Crippen molar-refractivity contribution in [1.82, 2.24) is 0 Å². The third-order valence-corrected chi connectivity index (χ3v) is 9.32. The lowest BCUT2D eigenvalue weighted by molar-refractivity contribution is 0.436. The Morgan fingerprint density at radius 1 is 0.356 bits per heavy atom. The second-order valence-corrected chi connectivity index (χ2v) is 11.7. The molecule has 0 fully saturated rings. The van der Waals surface area contributed by atoms with Crippen LogP contribution in [0.1, 0.15) is 22.3 Å². The molecule has 9 rings (SSSR count). The molecule has 1 atom stereocenters. The van der Waals surface area contributed by atoms with E-state index in [0.29, 0.717) is 0 Å². The standard InChI is InChI=1S/C43H29NO/c1-4-14-30(15-5-1)31-24-26-40-42(28-31)45-41-23-13-12-22-39(41)43(40)37-21-11-10-20-35(37)36-29-34(25-27-38(36)43)44(32-16-6-2-7-17-32)33-18-8-3-9-19-33/h1-29H. The first kappa shape index (κ1) is 25.6. The molecule has 1 aliphatic carbocycles.